The third-order valence-corrected chi connectivity index (χ3v) is 3.91. The number of carboxylic acid groups (broad SMARTS) is 1. The van der Waals surface area contributed by atoms with Crippen molar-refractivity contribution >= 4 is 11.9 Å². The summed E-state index contributed by atoms with van der Waals surface area (Å²) in [4.78, 5) is 28.0. The Bertz CT molecular complexity index is 926. The first kappa shape index (κ1) is 18.4. The van der Waals surface area contributed by atoms with Crippen LogP contribution in [0.15, 0.2) is 45.5 Å². The number of amides is 1. The number of aryl methyl sites for hydroxylation is 3. The van der Waals surface area contributed by atoms with Crippen LogP contribution in [0.1, 0.15) is 35.0 Å². The lowest BCUT2D eigenvalue weighted by atomic mass is 10.0. The zero-order valence-corrected chi connectivity index (χ0v) is 14.9. The largest absolute Gasteiger partial charge is 0.479 e. The first-order valence-electron chi connectivity index (χ1n) is 8.39. The Balaban J connectivity index is 1.62. The third kappa shape index (κ3) is 4.60. The highest BCUT2D eigenvalue weighted by molar-refractivity contribution is 5.84. The molecule has 1 amide bonds. The third-order valence-electron chi connectivity index (χ3n) is 3.91. The van der Waals surface area contributed by atoms with Crippen molar-refractivity contribution < 1.29 is 23.6 Å². The minimum absolute atomic E-state index is 0.0222. The van der Waals surface area contributed by atoms with Gasteiger partial charge in [-0.25, -0.2) is 4.79 Å². The summed E-state index contributed by atoms with van der Waals surface area (Å²) in [5.74, 6) is -0.496. The number of carboxylic acids is 1. The fraction of sp³-hybridized carbons (Fsp3) is 0.263. The molecule has 2 N–H and O–H groups in total. The van der Waals surface area contributed by atoms with Gasteiger partial charge in [-0.05, 0) is 31.5 Å². The summed E-state index contributed by atoms with van der Waals surface area (Å²) in [6.07, 6.45) is 1.71. The van der Waals surface area contributed by atoms with Gasteiger partial charge in [-0.3, -0.25) is 4.79 Å². The molecular weight excluding hydrogens is 350 g/mol. The molecule has 0 bridgehead atoms. The van der Waals surface area contributed by atoms with Crippen LogP contribution >= 0.6 is 0 Å². The molecule has 0 aliphatic carbocycles. The van der Waals surface area contributed by atoms with Crippen molar-refractivity contribution in [3.63, 3.8) is 0 Å². The maximum Gasteiger partial charge on any atom is 0.330 e. The summed E-state index contributed by atoms with van der Waals surface area (Å²) >= 11 is 0. The summed E-state index contributed by atoms with van der Waals surface area (Å²) < 4.78 is 10.3. The summed E-state index contributed by atoms with van der Waals surface area (Å²) in [5.41, 5.74) is 2.40. The average Bonchev–Trinajstić information content (AvgIpc) is 3.27. The number of hydrogen-bond acceptors (Lipinski definition) is 6. The minimum Gasteiger partial charge on any atom is -0.479 e. The van der Waals surface area contributed by atoms with Crippen molar-refractivity contribution in [3.8, 4) is 11.6 Å². The van der Waals surface area contributed by atoms with Crippen molar-refractivity contribution in [2.75, 3.05) is 0 Å². The van der Waals surface area contributed by atoms with Crippen LogP contribution < -0.4 is 5.32 Å². The van der Waals surface area contributed by atoms with Gasteiger partial charge in [0, 0.05) is 12.8 Å². The fourth-order valence-corrected chi connectivity index (χ4v) is 2.78. The predicted molar refractivity (Wildman–Crippen MR) is 94.8 cm³/mol. The molecule has 3 aromatic rings. The lowest BCUT2D eigenvalue weighted by Gasteiger charge is -2.16. The highest BCUT2D eigenvalue weighted by atomic mass is 16.5. The molecule has 27 heavy (non-hydrogen) atoms. The number of aromatic nitrogens is 2. The molecule has 0 radical (unpaired) electrons. The number of hydrogen-bond donors (Lipinski definition) is 2. The number of carbonyl (C=O) groups is 2. The molecule has 0 aliphatic rings. The smallest absolute Gasteiger partial charge is 0.330 e. The maximum absolute atomic E-state index is 12.2. The number of carbonyl (C=O) groups excluding carboxylic acids is 1. The number of furan rings is 1. The molecular formula is C19H19N3O5. The van der Waals surface area contributed by atoms with Crippen molar-refractivity contribution in [1.82, 2.24) is 15.5 Å². The molecule has 8 heteroatoms. The minimum atomic E-state index is -1.12. The lowest BCUT2D eigenvalue weighted by Crippen LogP contribution is -2.34. The Kier molecular flexibility index (Phi) is 5.35. The van der Waals surface area contributed by atoms with E-state index in [0.29, 0.717) is 17.1 Å². The predicted octanol–water partition coefficient (Wildman–Crippen LogP) is 2.82. The van der Waals surface area contributed by atoms with E-state index >= 15 is 0 Å². The molecule has 0 aliphatic heterocycles. The molecule has 0 saturated carbocycles. The second-order valence-corrected chi connectivity index (χ2v) is 6.25. The van der Waals surface area contributed by atoms with Crippen LogP contribution in [-0.2, 0) is 16.0 Å². The number of nitrogens with zero attached hydrogens (tertiary/aromatic N) is 2. The Morgan fingerprint density at radius 2 is 1.96 bits per heavy atom. The molecule has 8 nitrogen and oxygen atoms in total. The zero-order chi connectivity index (χ0) is 19.4. The van der Waals surface area contributed by atoms with Gasteiger partial charge in [0.25, 0.3) is 0 Å². The Labute approximate surface area is 155 Å². The lowest BCUT2D eigenvalue weighted by molar-refractivity contribution is -0.142. The van der Waals surface area contributed by atoms with Gasteiger partial charge in [-0.15, -0.1) is 0 Å². The second kappa shape index (κ2) is 7.86. The van der Waals surface area contributed by atoms with Gasteiger partial charge in [0.05, 0.1) is 6.26 Å². The quantitative estimate of drug-likeness (QED) is 0.657. The Morgan fingerprint density at radius 3 is 2.59 bits per heavy atom. The van der Waals surface area contributed by atoms with Crippen molar-refractivity contribution in [2.45, 2.75) is 32.7 Å². The van der Waals surface area contributed by atoms with Gasteiger partial charge in [-0.2, -0.15) is 4.98 Å². The van der Waals surface area contributed by atoms with E-state index in [9.17, 15) is 14.7 Å². The van der Waals surface area contributed by atoms with E-state index < -0.39 is 17.9 Å². The van der Waals surface area contributed by atoms with Gasteiger partial charge >= 0.3 is 5.97 Å². The van der Waals surface area contributed by atoms with E-state index in [0.717, 1.165) is 11.1 Å². The number of rotatable bonds is 7. The van der Waals surface area contributed by atoms with E-state index in [-0.39, 0.29) is 18.7 Å². The van der Waals surface area contributed by atoms with Crippen molar-refractivity contribution in [3.05, 3.63) is 59.2 Å². The van der Waals surface area contributed by atoms with Crippen LogP contribution in [0.2, 0.25) is 0 Å². The maximum atomic E-state index is 12.2. The molecule has 2 aromatic heterocycles. The first-order chi connectivity index (χ1) is 12.9. The molecule has 2 heterocycles. The van der Waals surface area contributed by atoms with Gasteiger partial charge in [0.15, 0.2) is 11.8 Å². The van der Waals surface area contributed by atoms with Crippen LogP contribution in [0.4, 0.5) is 0 Å². The summed E-state index contributed by atoms with van der Waals surface area (Å²) in [5, 5.41) is 15.8. The van der Waals surface area contributed by atoms with E-state index in [1.54, 1.807) is 24.3 Å². The molecule has 1 atom stereocenters. The zero-order valence-electron chi connectivity index (χ0n) is 14.9. The molecule has 1 unspecified atom stereocenters. The molecule has 0 saturated heterocycles. The first-order valence-corrected chi connectivity index (χ1v) is 8.39. The van der Waals surface area contributed by atoms with Crippen LogP contribution in [0.25, 0.3) is 11.6 Å². The fourth-order valence-electron chi connectivity index (χ4n) is 2.78. The van der Waals surface area contributed by atoms with Crippen LogP contribution in [-0.4, -0.2) is 27.1 Å². The Hall–Kier alpha value is -3.42. The summed E-state index contributed by atoms with van der Waals surface area (Å²) in [7, 11) is 0. The van der Waals surface area contributed by atoms with Crippen molar-refractivity contribution in [1.29, 1.82) is 0 Å². The average molecular weight is 369 g/mol. The SMILES string of the molecule is Cc1cc(C)cc(C(NC(=O)CCc2nc(-c3ccco3)no2)C(=O)O)c1. The van der Waals surface area contributed by atoms with Crippen LogP contribution in [0.3, 0.4) is 0 Å². The normalized spacial score (nSPS) is 11.9. The summed E-state index contributed by atoms with van der Waals surface area (Å²) in [6, 6.07) is 7.73. The van der Waals surface area contributed by atoms with E-state index in [1.807, 2.05) is 19.9 Å². The Morgan fingerprint density at radius 1 is 1.22 bits per heavy atom. The molecule has 0 spiro atoms. The van der Waals surface area contributed by atoms with Gasteiger partial charge < -0.3 is 19.4 Å². The van der Waals surface area contributed by atoms with Gasteiger partial charge in [0.1, 0.15) is 0 Å². The topological polar surface area (TPSA) is 118 Å². The molecule has 0 fully saturated rings. The van der Waals surface area contributed by atoms with E-state index in [2.05, 4.69) is 15.5 Å². The molecule has 1 aromatic carbocycles. The monoisotopic (exact) mass is 369 g/mol. The van der Waals surface area contributed by atoms with E-state index in [1.165, 1.54) is 6.26 Å². The number of nitrogens with one attached hydrogen (secondary N) is 1. The van der Waals surface area contributed by atoms with Crippen molar-refractivity contribution in [2.24, 2.45) is 0 Å². The standard InChI is InChI=1S/C19H19N3O5/c1-11-8-12(2)10-13(9-11)17(19(24)25)20-15(23)5-6-16-21-18(22-27-16)14-4-3-7-26-14/h3-4,7-10,17H,5-6H2,1-2H3,(H,20,23)(H,24,25). The number of aliphatic carboxylic acids is 1. The molecule has 140 valence electrons. The highest BCUT2D eigenvalue weighted by Gasteiger charge is 2.23. The van der Waals surface area contributed by atoms with Crippen LogP contribution in [0, 0.1) is 13.8 Å². The second-order valence-electron chi connectivity index (χ2n) is 6.25. The highest BCUT2D eigenvalue weighted by Crippen LogP contribution is 2.19. The van der Waals surface area contributed by atoms with Gasteiger partial charge in [0.2, 0.25) is 17.6 Å². The summed E-state index contributed by atoms with van der Waals surface area (Å²) in [6.45, 7) is 3.76. The number of benzene rings is 1. The van der Waals surface area contributed by atoms with Gasteiger partial charge in [-0.1, -0.05) is 34.5 Å². The van der Waals surface area contributed by atoms with Crippen LogP contribution in [0.5, 0.6) is 0 Å². The van der Waals surface area contributed by atoms with E-state index in [4.69, 9.17) is 8.94 Å². The molecule has 3 rings (SSSR count).